The molecule has 1 atom stereocenters. The van der Waals surface area contributed by atoms with Crippen molar-refractivity contribution in [3.8, 4) is 11.5 Å². The number of fused-ring (bicyclic) bond motifs is 1. The Balaban J connectivity index is 0.736. The number of carbonyl (C=O) groups is 4. The smallest absolute Gasteiger partial charge is 0.349 e. The number of nitrogens with one attached hydrogen (secondary N) is 3. The van der Waals surface area contributed by atoms with Gasteiger partial charge in [-0.1, -0.05) is 24.3 Å². The van der Waals surface area contributed by atoms with Gasteiger partial charge in [0.1, 0.15) is 17.5 Å². The summed E-state index contributed by atoms with van der Waals surface area (Å²) in [6.45, 7) is 3.56. The molecule has 1 saturated heterocycles. The first-order chi connectivity index (χ1) is 28.9. The molecule has 6 N–H and O–H groups in total. The molecule has 2 fully saturated rings. The maximum absolute atomic E-state index is 13.3. The van der Waals surface area contributed by atoms with Crippen molar-refractivity contribution in [2.24, 2.45) is 5.41 Å². The fourth-order valence-corrected chi connectivity index (χ4v) is 9.93. The van der Waals surface area contributed by atoms with Gasteiger partial charge in [0.15, 0.2) is 12.4 Å². The van der Waals surface area contributed by atoms with Gasteiger partial charge in [-0.2, -0.15) is 0 Å². The van der Waals surface area contributed by atoms with Crippen molar-refractivity contribution in [2.45, 2.75) is 75.7 Å². The van der Waals surface area contributed by atoms with E-state index in [0.717, 1.165) is 50.8 Å². The molecular weight excluding hydrogens is 807 g/mol. The van der Waals surface area contributed by atoms with E-state index < -0.39 is 17.7 Å². The average molecular weight is 860 g/mol. The van der Waals surface area contributed by atoms with E-state index in [1.54, 1.807) is 23.1 Å². The van der Waals surface area contributed by atoms with E-state index in [9.17, 15) is 34.5 Å². The van der Waals surface area contributed by atoms with Crippen molar-refractivity contribution >= 4 is 57.7 Å². The van der Waals surface area contributed by atoms with E-state index in [-0.39, 0.29) is 59.6 Å². The van der Waals surface area contributed by atoms with Gasteiger partial charge in [0.05, 0.1) is 15.9 Å². The normalized spacial score (nSPS) is 16.9. The molecule has 4 aromatic rings. The number of hydrogen-bond acceptors (Lipinski definition) is 13. The zero-order valence-corrected chi connectivity index (χ0v) is 35.3. The lowest BCUT2D eigenvalue weighted by Gasteiger charge is -2.51. The molecule has 16 heteroatoms. The fourth-order valence-electron chi connectivity index (χ4n) is 8.21. The number of aliphatic hydroxyl groups excluding tert-OH is 1. The van der Waals surface area contributed by atoms with Crippen LogP contribution in [0.5, 0.6) is 11.5 Å². The number of rotatable bonds is 18. The number of benzene rings is 2. The molecule has 0 bridgehead atoms. The predicted octanol–water partition coefficient (Wildman–Crippen LogP) is 5.35. The highest BCUT2D eigenvalue weighted by molar-refractivity contribution is 7.12. The number of piperidine rings is 1. The van der Waals surface area contributed by atoms with Gasteiger partial charge in [-0.3, -0.25) is 14.4 Å². The SMILES string of the molecule is CN(CCCCC(=O)Nc1ccc(CNC[C@H](O)c2ccc(O)c3c2OCC(=O)N3)cc1)C(=O)CCN1CCC2(CC1)CC(OC(=O)C(O)(c1cccs1)c1cccs1)C2. The van der Waals surface area contributed by atoms with Crippen molar-refractivity contribution in [3.05, 3.63) is 92.3 Å². The number of nitrogens with zero attached hydrogens (tertiary/aromatic N) is 2. The van der Waals surface area contributed by atoms with Crippen LogP contribution < -0.4 is 20.7 Å². The number of esters is 1. The molecule has 7 rings (SSSR count). The predicted molar refractivity (Wildman–Crippen MR) is 229 cm³/mol. The lowest BCUT2D eigenvalue weighted by Crippen LogP contribution is -2.52. The Labute approximate surface area is 357 Å². The molecule has 0 radical (unpaired) electrons. The van der Waals surface area contributed by atoms with Crippen LogP contribution >= 0.6 is 22.7 Å². The number of carbonyl (C=O) groups excluding carboxylic acids is 4. The van der Waals surface area contributed by atoms with Gasteiger partial charge in [-0.15, -0.1) is 22.7 Å². The summed E-state index contributed by atoms with van der Waals surface area (Å²) in [7, 11) is 1.81. The number of thiophene rings is 2. The van der Waals surface area contributed by atoms with E-state index in [1.165, 1.54) is 28.7 Å². The Bertz CT molecular complexity index is 2060. The Morgan fingerprint density at radius 1 is 1.02 bits per heavy atom. The molecule has 2 aromatic carbocycles. The summed E-state index contributed by atoms with van der Waals surface area (Å²) in [5.41, 5.74) is 0.605. The third kappa shape index (κ3) is 10.2. The number of phenols is 1. The van der Waals surface area contributed by atoms with E-state index in [4.69, 9.17) is 9.47 Å². The highest BCUT2D eigenvalue weighted by Gasteiger charge is 2.51. The molecule has 1 spiro atoms. The van der Waals surface area contributed by atoms with Crippen LogP contribution in [-0.2, 0) is 36.1 Å². The molecule has 0 unspecified atom stereocenters. The molecule has 2 aromatic heterocycles. The van der Waals surface area contributed by atoms with Gasteiger partial charge >= 0.3 is 5.97 Å². The fraction of sp³-hybridized carbons (Fsp3) is 0.455. The second-order valence-corrected chi connectivity index (χ2v) is 18.0. The minimum atomic E-state index is -1.79. The first kappa shape index (κ1) is 43.3. The van der Waals surface area contributed by atoms with E-state index in [1.807, 2.05) is 54.2 Å². The average Bonchev–Trinajstić information content (AvgIpc) is 3.99. The van der Waals surface area contributed by atoms with Crippen LogP contribution in [0.25, 0.3) is 0 Å². The number of anilines is 2. The van der Waals surface area contributed by atoms with Gasteiger partial charge in [0.25, 0.3) is 5.91 Å². The standard InChI is InChI=1S/C44H53N5O9S2/c1-48(39(54)15-19-49-20-16-43(17-21-49)24-31(25-43)58-42(55)44(56,35-6-4-22-59-35)36-7-5-23-60-36)18-3-2-8-37(52)46-30-11-9-29(10-12-30)26-45-27-34(51)32-13-14-33(50)40-41(32)57-28-38(53)47-40/h4-7,9-14,22-23,31,34,45,50-51,56H,2-3,8,15-21,24-28H2,1H3,(H,46,52)(H,47,53)/t34-/m0/s1. The molecule has 60 heavy (non-hydrogen) atoms. The molecule has 14 nitrogen and oxygen atoms in total. The Kier molecular flexibility index (Phi) is 13.9. The Hall–Kier alpha value is -4.84. The molecule has 1 saturated carbocycles. The number of amides is 3. The van der Waals surface area contributed by atoms with Gasteiger partial charge in [-0.25, -0.2) is 4.79 Å². The monoisotopic (exact) mass is 859 g/mol. The molecule has 3 aliphatic rings. The number of hydrogen-bond donors (Lipinski definition) is 6. The molecule has 1 aliphatic carbocycles. The number of likely N-dealkylation sites (tertiary alicyclic amines) is 1. The van der Waals surface area contributed by atoms with Gasteiger partial charge < -0.3 is 50.5 Å². The van der Waals surface area contributed by atoms with Crippen LogP contribution in [0, 0.1) is 5.41 Å². The highest BCUT2D eigenvalue weighted by Crippen LogP contribution is 2.51. The van der Waals surface area contributed by atoms with Crippen LogP contribution in [0.2, 0.25) is 0 Å². The summed E-state index contributed by atoms with van der Waals surface area (Å²) < 4.78 is 11.4. The maximum atomic E-state index is 13.3. The summed E-state index contributed by atoms with van der Waals surface area (Å²) in [5, 5.41) is 44.7. The van der Waals surface area contributed by atoms with Crippen molar-refractivity contribution in [1.82, 2.24) is 15.1 Å². The van der Waals surface area contributed by atoms with Crippen LogP contribution in [0.1, 0.15) is 78.4 Å². The third-order valence-corrected chi connectivity index (χ3v) is 13.8. The van der Waals surface area contributed by atoms with Crippen LogP contribution in [0.15, 0.2) is 71.4 Å². The van der Waals surface area contributed by atoms with Crippen LogP contribution in [0.4, 0.5) is 11.4 Å². The van der Waals surface area contributed by atoms with E-state index in [2.05, 4.69) is 20.9 Å². The van der Waals surface area contributed by atoms with Crippen molar-refractivity contribution in [2.75, 3.05) is 57.0 Å². The molecule has 4 heterocycles. The molecule has 2 aliphatic heterocycles. The van der Waals surface area contributed by atoms with E-state index in [0.29, 0.717) is 59.9 Å². The quantitative estimate of drug-likeness (QED) is 0.0430. The largest absolute Gasteiger partial charge is 0.506 e. The minimum absolute atomic E-state index is 0.0895. The summed E-state index contributed by atoms with van der Waals surface area (Å²) in [6, 6.07) is 17.6. The first-order valence-corrected chi connectivity index (χ1v) is 22.2. The van der Waals surface area contributed by atoms with Gasteiger partial charge in [0, 0.05) is 57.3 Å². The first-order valence-electron chi connectivity index (χ1n) is 20.5. The minimum Gasteiger partial charge on any atom is -0.506 e. The number of aliphatic hydroxyl groups is 2. The number of unbranched alkanes of at least 4 members (excludes halogenated alkanes) is 1. The van der Waals surface area contributed by atoms with Crippen molar-refractivity contribution in [1.29, 1.82) is 0 Å². The summed E-state index contributed by atoms with van der Waals surface area (Å²) in [6.07, 6.45) is 4.58. The lowest BCUT2D eigenvalue weighted by molar-refractivity contribution is -0.181. The Morgan fingerprint density at radius 3 is 2.38 bits per heavy atom. The summed E-state index contributed by atoms with van der Waals surface area (Å²) in [5.74, 6) is -0.861. The second kappa shape index (κ2) is 19.3. The second-order valence-electron chi connectivity index (χ2n) is 16.1. The van der Waals surface area contributed by atoms with Crippen molar-refractivity contribution in [3.63, 3.8) is 0 Å². The molecule has 3 amide bonds. The lowest BCUT2D eigenvalue weighted by atomic mass is 9.61. The summed E-state index contributed by atoms with van der Waals surface area (Å²) in [4.78, 5) is 55.7. The maximum Gasteiger partial charge on any atom is 0.349 e. The van der Waals surface area contributed by atoms with Crippen LogP contribution in [0.3, 0.4) is 0 Å². The zero-order chi connectivity index (χ0) is 42.3. The summed E-state index contributed by atoms with van der Waals surface area (Å²) >= 11 is 2.68. The van der Waals surface area contributed by atoms with E-state index >= 15 is 0 Å². The third-order valence-electron chi connectivity index (χ3n) is 11.8. The number of phenolic OH excluding ortho intramolecular Hbond substituents is 1. The van der Waals surface area contributed by atoms with Gasteiger partial charge in [0.2, 0.25) is 17.4 Å². The zero-order valence-electron chi connectivity index (χ0n) is 33.7. The van der Waals surface area contributed by atoms with Crippen LogP contribution in [-0.4, -0.2) is 101 Å². The highest BCUT2D eigenvalue weighted by atomic mass is 32.1. The molecule has 320 valence electrons. The topological polar surface area (TPSA) is 190 Å². The number of ether oxygens (including phenoxy) is 2. The number of aromatic hydroxyl groups is 1. The van der Waals surface area contributed by atoms with Crippen molar-refractivity contribution < 1.29 is 44.0 Å². The molecular formula is C44H53N5O9S2. The Morgan fingerprint density at radius 2 is 1.72 bits per heavy atom. The van der Waals surface area contributed by atoms with Gasteiger partial charge in [-0.05, 0) is 110 Å².